The van der Waals surface area contributed by atoms with Gasteiger partial charge in [0.1, 0.15) is 12.2 Å². The maximum absolute atomic E-state index is 12.8. The molecular formula is C20H22O6. The van der Waals surface area contributed by atoms with Gasteiger partial charge in [-0.3, -0.25) is 4.79 Å². The first-order valence-corrected chi connectivity index (χ1v) is 9.15. The Morgan fingerprint density at radius 1 is 1.23 bits per heavy atom. The molecule has 2 bridgehead atoms. The molecule has 0 aromatic carbocycles. The van der Waals surface area contributed by atoms with Gasteiger partial charge in [-0.2, -0.15) is 0 Å². The molecule has 1 saturated carbocycles. The number of esters is 2. The minimum Gasteiger partial charge on any atom is -0.472 e. The Morgan fingerprint density at radius 3 is 2.73 bits per heavy atom. The first kappa shape index (κ1) is 16.1. The summed E-state index contributed by atoms with van der Waals surface area (Å²) in [6.07, 6.45) is 7.52. The molecule has 1 aromatic heterocycles. The van der Waals surface area contributed by atoms with Crippen LogP contribution in [-0.4, -0.2) is 28.8 Å². The standard InChI is InChI=1S/C20H22O6/c1-18-9-14(11-5-8-24-10-11)25-16(21)12(18)3-6-19(2)15(18)13-4-7-20(19,23)17(22)26-13/h4-5,7-8,10,12-15,23H,3,6,9H2,1-2H3/t12?,13-,14?,15-,18+,19+,20-/m1/s1. The summed E-state index contributed by atoms with van der Waals surface area (Å²) in [6, 6.07) is 1.81. The lowest BCUT2D eigenvalue weighted by Gasteiger charge is -2.65. The molecule has 0 spiro atoms. The van der Waals surface area contributed by atoms with Crippen LogP contribution in [0, 0.1) is 22.7 Å². The van der Waals surface area contributed by atoms with Gasteiger partial charge in [-0.25, -0.2) is 4.79 Å². The molecule has 5 aliphatic rings. The van der Waals surface area contributed by atoms with Crippen LogP contribution in [-0.2, 0) is 19.1 Å². The van der Waals surface area contributed by atoms with E-state index in [2.05, 4.69) is 6.92 Å². The Kier molecular flexibility index (Phi) is 2.97. The second-order valence-corrected chi connectivity index (χ2v) is 8.67. The van der Waals surface area contributed by atoms with Crippen LogP contribution in [0.3, 0.4) is 0 Å². The number of hydrogen-bond donors (Lipinski definition) is 1. The third kappa shape index (κ3) is 1.71. The summed E-state index contributed by atoms with van der Waals surface area (Å²) >= 11 is 0. The lowest BCUT2D eigenvalue weighted by Crippen LogP contribution is -2.72. The molecule has 6 nitrogen and oxygen atoms in total. The highest BCUT2D eigenvalue weighted by Crippen LogP contribution is 2.67. The predicted molar refractivity (Wildman–Crippen MR) is 88.6 cm³/mol. The third-order valence-corrected chi connectivity index (χ3v) is 7.51. The predicted octanol–water partition coefficient (Wildman–Crippen LogP) is 2.53. The van der Waals surface area contributed by atoms with Gasteiger partial charge < -0.3 is 19.0 Å². The number of cyclic esters (lactones) is 1. The van der Waals surface area contributed by atoms with Gasteiger partial charge in [-0.05, 0) is 42.9 Å². The van der Waals surface area contributed by atoms with E-state index >= 15 is 0 Å². The largest absolute Gasteiger partial charge is 0.472 e. The van der Waals surface area contributed by atoms with Crippen LogP contribution < -0.4 is 0 Å². The summed E-state index contributed by atoms with van der Waals surface area (Å²) in [5.74, 6) is -1.20. The smallest absolute Gasteiger partial charge is 0.343 e. The highest BCUT2D eigenvalue weighted by molar-refractivity contribution is 5.86. The van der Waals surface area contributed by atoms with E-state index in [1.54, 1.807) is 24.7 Å². The summed E-state index contributed by atoms with van der Waals surface area (Å²) < 4.78 is 16.4. The zero-order chi connectivity index (χ0) is 18.3. The SMILES string of the molecule is C[C@]12CC(c3ccoc3)OC(=O)C1CC[C@@]1(C)[C@@H]2[C@H]2C=C[C@@]1(O)C(=O)O2. The average Bonchev–Trinajstić information content (AvgIpc) is 3.10. The van der Waals surface area contributed by atoms with Gasteiger partial charge in [-0.15, -0.1) is 0 Å². The fourth-order valence-corrected chi connectivity index (χ4v) is 6.16. The molecule has 2 aliphatic carbocycles. The molecular weight excluding hydrogens is 336 g/mol. The van der Waals surface area contributed by atoms with E-state index in [4.69, 9.17) is 13.9 Å². The van der Waals surface area contributed by atoms with E-state index in [-0.39, 0.29) is 23.9 Å². The van der Waals surface area contributed by atoms with Crippen molar-refractivity contribution in [1.29, 1.82) is 0 Å². The molecule has 4 heterocycles. The molecule has 2 unspecified atom stereocenters. The number of furan rings is 1. The van der Waals surface area contributed by atoms with Crippen molar-refractivity contribution in [2.24, 2.45) is 22.7 Å². The number of hydrogen-bond acceptors (Lipinski definition) is 6. The lowest BCUT2D eigenvalue weighted by atomic mass is 9.42. The molecule has 1 aromatic rings. The molecule has 7 atom stereocenters. The van der Waals surface area contributed by atoms with Crippen LogP contribution in [0.1, 0.15) is 44.8 Å². The Bertz CT molecular complexity index is 812. The third-order valence-electron chi connectivity index (χ3n) is 7.51. The van der Waals surface area contributed by atoms with Crippen molar-refractivity contribution >= 4 is 11.9 Å². The van der Waals surface area contributed by atoms with Crippen molar-refractivity contribution < 1.29 is 28.6 Å². The first-order valence-electron chi connectivity index (χ1n) is 9.15. The van der Waals surface area contributed by atoms with Crippen molar-refractivity contribution in [3.05, 3.63) is 36.3 Å². The highest BCUT2D eigenvalue weighted by Gasteiger charge is 2.72. The van der Waals surface area contributed by atoms with Crippen LogP contribution >= 0.6 is 0 Å². The quantitative estimate of drug-likeness (QED) is 0.613. The molecule has 6 rings (SSSR count). The van der Waals surface area contributed by atoms with Crippen molar-refractivity contribution in [3.8, 4) is 0 Å². The molecule has 138 valence electrons. The van der Waals surface area contributed by atoms with Gasteiger partial charge >= 0.3 is 11.9 Å². The van der Waals surface area contributed by atoms with Crippen LogP contribution in [0.4, 0.5) is 0 Å². The van der Waals surface area contributed by atoms with Crippen molar-refractivity contribution in [2.45, 2.75) is 50.9 Å². The van der Waals surface area contributed by atoms with Crippen molar-refractivity contribution in [3.63, 3.8) is 0 Å². The van der Waals surface area contributed by atoms with E-state index < -0.39 is 28.5 Å². The summed E-state index contributed by atoms with van der Waals surface area (Å²) in [6.45, 7) is 4.04. The molecule has 3 aliphatic heterocycles. The molecule has 6 heteroatoms. The van der Waals surface area contributed by atoms with Crippen molar-refractivity contribution in [1.82, 2.24) is 0 Å². The number of carbonyl (C=O) groups is 2. The molecule has 3 fully saturated rings. The van der Waals surface area contributed by atoms with Gasteiger partial charge in [0.2, 0.25) is 0 Å². The molecule has 2 saturated heterocycles. The lowest BCUT2D eigenvalue weighted by molar-refractivity contribution is -0.259. The van der Waals surface area contributed by atoms with Gasteiger partial charge in [0.25, 0.3) is 0 Å². The van der Waals surface area contributed by atoms with E-state index in [0.717, 1.165) is 5.56 Å². The van der Waals surface area contributed by atoms with Crippen LogP contribution in [0.2, 0.25) is 0 Å². The Balaban J connectivity index is 1.61. The summed E-state index contributed by atoms with van der Waals surface area (Å²) in [5.41, 5.74) is -1.91. The Morgan fingerprint density at radius 2 is 2.04 bits per heavy atom. The zero-order valence-electron chi connectivity index (χ0n) is 14.8. The second kappa shape index (κ2) is 4.80. The van der Waals surface area contributed by atoms with Gasteiger partial charge in [0.05, 0.1) is 18.4 Å². The normalized spacial score (nSPS) is 49.2. The maximum atomic E-state index is 12.8. The molecule has 0 radical (unpaired) electrons. The molecule has 0 amide bonds. The van der Waals surface area contributed by atoms with Crippen LogP contribution in [0.5, 0.6) is 0 Å². The highest BCUT2D eigenvalue weighted by atomic mass is 16.6. The number of carbonyl (C=O) groups excluding carboxylic acids is 2. The second-order valence-electron chi connectivity index (χ2n) is 8.67. The summed E-state index contributed by atoms with van der Waals surface area (Å²) in [5, 5.41) is 11.2. The van der Waals surface area contributed by atoms with E-state index in [1.165, 1.54) is 0 Å². The maximum Gasteiger partial charge on any atom is 0.343 e. The Hall–Kier alpha value is -2.08. The number of rotatable bonds is 1. The van der Waals surface area contributed by atoms with Crippen LogP contribution in [0.25, 0.3) is 0 Å². The number of ether oxygens (including phenoxy) is 2. The van der Waals surface area contributed by atoms with Gasteiger partial charge in [0, 0.05) is 16.9 Å². The van der Waals surface area contributed by atoms with Gasteiger partial charge in [0.15, 0.2) is 5.60 Å². The van der Waals surface area contributed by atoms with Crippen LogP contribution in [0.15, 0.2) is 35.2 Å². The fourth-order valence-electron chi connectivity index (χ4n) is 6.16. The fraction of sp³-hybridized carbons (Fsp3) is 0.600. The minimum absolute atomic E-state index is 0.149. The zero-order valence-corrected chi connectivity index (χ0v) is 14.8. The summed E-state index contributed by atoms with van der Waals surface area (Å²) in [7, 11) is 0. The topological polar surface area (TPSA) is 86.0 Å². The molecule has 26 heavy (non-hydrogen) atoms. The average molecular weight is 358 g/mol. The van der Waals surface area contributed by atoms with Crippen molar-refractivity contribution in [2.75, 3.05) is 0 Å². The first-order chi connectivity index (χ1) is 12.3. The Labute approximate surface area is 151 Å². The number of fused-ring (bicyclic) bond motifs is 2. The monoisotopic (exact) mass is 358 g/mol. The summed E-state index contributed by atoms with van der Waals surface area (Å²) in [4.78, 5) is 25.2. The molecule has 1 N–H and O–H groups in total. The number of aliphatic hydroxyl groups is 1. The van der Waals surface area contributed by atoms with Gasteiger partial charge in [-0.1, -0.05) is 13.8 Å². The van der Waals surface area contributed by atoms with E-state index in [0.29, 0.717) is 19.3 Å². The van der Waals surface area contributed by atoms with E-state index in [1.807, 2.05) is 13.0 Å². The van der Waals surface area contributed by atoms with E-state index in [9.17, 15) is 14.7 Å². The minimum atomic E-state index is -1.63.